The lowest BCUT2D eigenvalue weighted by atomic mass is 10.2. The third kappa shape index (κ3) is 2.82. The van der Waals surface area contributed by atoms with Crippen LogP contribution in [-0.4, -0.2) is 19.6 Å². The SMILES string of the molecule is CCc1nn(C)cc1NCc1c(Cl)c(CC)nn1CC. The molecule has 1 N–H and O–H groups in total. The molecular weight excluding hydrogens is 274 g/mol. The fourth-order valence-electron chi connectivity index (χ4n) is 2.31. The molecule has 0 aliphatic heterocycles. The molecule has 2 aromatic rings. The summed E-state index contributed by atoms with van der Waals surface area (Å²) < 4.78 is 3.80. The Hall–Kier alpha value is -1.49. The van der Waals surface area contributed by atoms with Gasteiger partial charge in [-0.15, -0.1) is 0 Å². The Kier molecular flexibility index (Phi) is 4.70. The van der Waals surface area contributed by atoms with Gasteiger partial charge in [-0.1, -0.05) is 25.4 Å². The van der Waals surface area contributed by atoms with Gasteiger partial charge < -0.3 is 5.32 Å². The minimum absolute atomic E-state index is 0.665. The van der Waals surface area contributed by atoms with Crippen molar-refractivity contribution in [1.82, 2.24) is 19.6 Å². The van der Waals surface area contributed by atoms with Crippen LogP contribution in [0.3, 0.4) is 0 Å². The van der Waals surface area contributed by atoms with E-state index < -0.39 is 0 Å². The zero-order chi connectivity index (χ0) is 14.7. The number of rotatable bonds is 6. The van der Waals surface area contributed by atoms with E-state index in [0.717, 1.165) is 47.2 Å². The maximum absolute atomic E-state index is 6.41. The van der Waals surface area contributed by atoms with Gasteiger partial charge in [0.25, 0.3) is 0 Å². The second kappa shape index (κ2) is 6.31. The Morgan fingerprint density at radius 2 is 1.85 bits per heavy atom. The number of aryl methyl sites for hydroxylation is 4. The van der Waals surface area contributed by atoms with Crippen LogP contribution in [0.5, 0.6) is 0 Å². The first-order valence-electron chi connectivity index (χ1n) is 7.11. The van der Waals surface area contributed by atoms with Crippen molar-refractivity contribution >= 4 is 17.3 Å². The Balaban J connectivity index is 2.20. The van der Waals surface area contributed by atoms with Crippen molar-refractivity contribution in [3.05, 3.63) is 28.3 Å². The van der Waals surface area contributed by atoms with Gasteiger partial charge in [-0.05, 0) is 19.8 Å². The fourth-order valence-corrected chi connectivity index (χ4v) is 2.64. The number of hydrogen-bond donors (Lipinski definition) is 1. The van der Waals surface area contributed by atoms with Gasteiger partial charge in [0.2, 0.25) is 0 Å². The Bertz CT molecular complexity index is 585. The van der Waals surface area contributed by atoms with Gasteiger partial charge in [0.1, 0.15) is 0 Å². The number of anilines is 1. The van der Waals surface area contributed by atoms with Gasteiger partial charge in [-0.25, -0.2) is 0 Å². The van der Waals surface area contributed by atoms with Crippen LogP contribution in [0.1, 0.15) is 37.9 Å². The molecule has 0 atom stereocenters. The maximum Gasteiger partial charge on any atom is 0.0868 e. The van der Waals surface area contributed by atoms with Crippen molar-refractivity contribution in [2.75, 3.05) is 5.32 Å². The highest BCUT2D eigenvalue weighted by Crippen LogP contribution is 2.23. The van der Waals surface area contributed by atoms with Crippen molar-refractivity contribution in [3.63, 3.8) is 0 Å². The van der Waals surface area contributed by atoms with E-state index in [1.165, 1.54) is 0 Å². The first kappa shape index (κ1) is 14.9. The molecule has 0 spiro atoms. The second-order valence-corrected chi connectivity index (χ2v) is 5.12. The lowest BCUT2D eigenvalue weighted by Crippen LogP contribution is -2.08. The van der Waals surface area contributed by atoms with E-state index in [9.17, 15) is 0 Å². The molecule has 5 nitrogen and oxygen atoms in total. The zero-order valence-electron chi connectivity index (χ0n) is 12.6. The predicted octanol–water partition coefficient (Wildman–Crippen LogP) is 3.03. The van der Waals surface area contributed by atoms with Crippen LogP contribution in [0.4, 0.5) is 5.69 Å². The molecule has 0 aromatic carbocycles. The van der Waals surface area contributed by atoms with Gasteiger partial charge in [-0.2, -0.15) is 10.2 Å². The average molecular weight is 296 g/mol. The molecule has 0 saturated carbocycles. The number of hydrogen-bond acceptors (Lipinski definition) is 3. The zero-order valence-corrected chi connectivity index (χ0v) is 13.3. The van der Waals surface area contributed by atoms with Crippen molar-refractivity contribution < 1.29 is 0 Å². The van der Waals surface area contributed by atoms with Gasteiger partial charge in [0.15, 0.2) is 0 Å². The van der Waals surface area contributed by atoms with Crippen molar-refractivity contribution in [2.45, 2.75) is 46.7 Å². The topological polar surface area (TPSA) is 47.7 Å². The quantitative estimate of drug-likeness (QED) is 0.891. The molecule has 6 heteroatoms. The summed E-state index contributed by atoms with van der Waals surface area (Å²) >= 11 is 6.41. The molecule has 0 radical (unpaired) electrons. The van der Waals surface area contributed by atoms with E-state index in [-0.39, 0.29) is 0 Å². The van der Waals surface area contributed by atoms with Crippen molar-refractivity contribution in [3.8, 4) is 0 Å². The predicted molar refractivity (Wildman–Crippen MR) is 82.2 cm³/mol. The molecule has 2 aromatic heterocycles. The third-order valence-corrected chi connectivity index (χ3v) is 3.82. The minimum atomic E-state index is 0.665. The number of halogens is 1. The molecule has 0 bridgehead atoms. The molecule has 0 fully saturated rings. The monoisotopic (exact) mass is 295 g/mol. The Morgan fingerprint density at radius 3 is 2.45 bits per heavy atom. The summed E-state index contributed by atoms with van der Waals surface area (Å²) in [4.78, 5) is 0. The van der Waals surface area contributed by atoms with Crippen molar-refractivity contribution in [2.24, 2.45) is 7.05 Å². The van der Waals surface area contributed by atoms with E-state index in [4.69, 9.17) is 11.6 Å². The van der Waals surface area contributed by atoms with Crippen molar-refractivity contribution in [1.29, 1.82) is 0 Å². The molecule has 110 valence electrons. The summed E-state index contributed by atoms with van der Waals surface area (Å²) in [5, 5.41) is 13.2. The lowest BCUT2D eigenvalue weighted by molar-refractivity contribution is 0.619. The summed E-state index contributed by atoms with van der Waals surface area (Å²) in [6, 6.07) is 0. The molecule has 0 amide bonds. The largest absolute Gasteiger partial charge is 0.377 e. The highest BCUT2D eigenvalue weighted by atomic mass is 35.5. The van der Waals surface area contributed by atoms with Crippen LogP contribution in [0.15, 0.2) is 6.20 Å². The van der Waals surface area contributed by atoms with Gasteiger partial charge >= 0.3 is 0 Å². The van der Waals surface area contributed by atoms with Crippen LogP contribution in [-0.2, 0) is 33.0 Å². The Morgan fingerprint density at radius 1 is 1.15 bits per heavy atom. The van der Waals surface area contributed by atoms with Gasteiger partial charge in [0.05, 0.1) is 34.3 Å². The summed E-state index contributed by atoms with van der Waals surface area (Å²) in [7, 11) is 1.93. The first-order chi connectivity index (χ1) is 9.60. The van der Waals surface area contributed by atoms with Crippen LogP contribution in [0, 0.1) is 0 Å². The molecule has 2 rings (SSSR count). The van der Waals surface area contributed by atoms with Gasteiger partial charge in [-0.3, -0.25) is 9.36 Å². The maximum atomic E-state index is 6.41. The summed E-state index contributed by atoms with van der Waals surface area (Å²) in [6.07, 6.45) is 3.76. The summed E-state index contributed by atoms with van der Waals surface area (Å²) in [5.41, 5.74) is 4.14. The average Bonchev–Trinajstić information content (AvgIpc) is 2.96. The normalized spacial score (nSPS) is 11.1. The van der Waals surface area contributed by atoms with E-state index >= 15 is 0 Å². The van der Waals surface area contributed by atoms with E-state index in [1.807, 2.05) is 22.6 Å². The number of nitrogens with one attached hydrogen (secondary N) is 1. The highest BCUT2D eigenvalue weighted by molar-refractivity contribution is 6.31. The lowest BCUT2D eigenvalue weighted by Gasteiger charge is -2.08. The molecule has 0 unspecified atom stereocenters. The molecular formula is C14H22ClN5. The molecule has 0 aliphatic rings. The highest BCUT2D eigenvalue weighted by Gasteiger charge is 2.15. The smallest absolute Gasteiger partial charge is 0.0868 e. The van der Waals surface area contributed by atoms with Crippen LogP contribution >= 0.6 is 11.6 Å². The molecule has 20 heavy (non-hydrogen) atoms. The third-order valence-electron chi connectivity index (χ3n) is 3.38. The fraction of sp³-hybridized carbons (Fsp3) is 0.571. The Labute approximate surface area is 124 Å². The number of aromatic nitrogens is 4. The first-order valence-corrected chi connectivity index (χ1v) is 7.48. The van der Waals surface area contributed by atoms with E-state index in [1.54, 1.807) is 0 Å². The van der Waals surface area contributed by atoms with E-state index in [0.29, 0.717) is 6.54 Å². The van der Waals surface area contributed by atoms with Crippen LogP contribution in [0.2, 0.25) is 5.02 Å². The minimum Gasteiger partial charge on any atom is -0.377 e. The molecule has 2 heterocycles. The summed E-state index contributed by atoms with van der Waals surface area (Å²) in [6.45, 7) is 7.74. The molecule has 0 aliphatic carbocycles. The second-order valence-electron chi connectivity index (χ2n) is 4.75. The number of nitrogens with zero attached hydrogens (tertiary/aromatic N) is 4. The molecule has 0 saturated heterocycles. The standard InChI is InChI=1S/C14H22ClN5/c1-5-10-12(9-19(4)17-10)16-8-13-14(15)11(6-2)18-20(13)7-3/h9,16H,5-8H2,1-4H3. The van der Waals surface area contributed by atoms with Gasteiger partial charge in [0, 0.05) is 19.8 Å². The summed E-state index contributed by atoms with van der Waals surface area (Å²) in [5.74, 6) is 0. The van der Waals surface area contributed by atoms with Crippen LogP contribution < -0.4 is 5.32 Å². The van der Waals surface area contributed by atoms with Crippen LogP contribution in [0.25, 0.3) is 0 Å². The van der Waals surface area contributed by atoms with E-state index in [2.05, 4.69) is 36.3 Å².